The zero-order chi connectivity index (χ0) is 65.6. The Morgan fingerprint density at radius 1 is 0.269 bits per heavy atom. The predicted octanol–water partition coefficient (Wildman–Crippen LogP) is 3.86. The first kappa shape index (κ1) is 60.1. The molecule has 12 aromatic rings. The third-order valence-corrected chi connectivity index (χ3v) is 17.3. The Hall–Kier alpha value is -11.8. The fraction of sp³-hybridized carbons (Fsp3) is 0.217. The Morgan fingerprint density at radius 2 is 0.419 bits per heavy atom. The van der Waals surface area contributed by atoms with E-state index in [1.54, 1.807) is 18.2 Å². The van der Waals surface area contributed by atoms with Gasteiger partial charge in [-0.1, -0.05) is 18.2 Å². The summed E-state index contributed by atoms with van der Waals surface area (Å²) in [7, 11) is 4.00. The quantitative estimate of drug-likeness (QED) is 0.104. The van der Waals surface area contributed by atoms with Gasteiger partial charge in [0.1, 0.15) is 34.5 Å². The van der Waals surface area contributed by atoms with Crippen LogP contribution in [0.25, 0.3) is 64.6 Å². The molecule has 16 aliphatic heterocycles. The maximum Gasteiger partial charge on any atom is 0.261 e. The van der Waals surface area contributed by atoms with Gasteiger partial charge in [0.25, 0.3) is 66.7 Å². The van der Waals surface area contributed by atoms with Crippen LogP contribution in [0.3, 0.4) is 0 Å². The zero-order valence-electron chi connectivity index (χ0n) is 50.3. The van der Waals surface area contributed by atoms with Crippen molar-refractivity contribution in [3.8, 4) is 34.5 Å². The highest BCUT2D eigenvalue weighted by Gasteiger charge is 2.28. The van der Waals surface area contributed by atoms with Crippen molar-refractivity contribution in [1.29, 1.82) is 0 Å². The van der Waals surface area contributed by atoms with Gasteiger partial charge >= 0.3 is 0 Å². The van der Waals surface area contributed by atoms with Crippen LogP contribution in [0.5, 0.6) is 34.5 Å². The molecular weight excluding hydrogens is 1200 g/mol. The van der Waals surface area contributed by atoms with Crippen molar-refractivity contribution in [2.75, 3.05) is 41.2 Å². The molecule has 0 saturated carbocycles. The van der Waals surface area contributed by atoms with Crippen LogP contribution >= 0.6 is 0 Å². The van der Waals surface area contributed by atoms with E-state index in [1.807, 2.05) is 0 Å². The van der Waals surface area contributed by atoms with Crippen LogP contribution in [0.4, 0.5) is 0 Å². The molecule has 0 saturated heterocycles. The van der Waals surface area contributed by atoms with E-state index in [1.165, 1.54) is 94.1 Å². The smallest absolute Gasteiger partial charge is 0.261 e. The van der Waals surface area contributed by atoms with E-state index in [0.29, 0.717) is 19.3 Å². The fourth-order valence-electron chi connectivity index (χ4n) is 12.5. The number of nitrogens with zero attached hydrogens (tertiary/aromatic N) is 6. The van der Waals surface area contributed by atoms with Crippen LogP contribution in [0.2, 0.25) is 0 Å². The van der Waals surface area contributed by atoms with Gasteiger partial charge in [0.05, 0.1) is 145 Å². The minimum absolute atomic E-state index is 0.0673. The molecule has 0 amide bonds. The van der Waals surface area contributed by atoms with Crippen LogP contribution in [0.15, 0.2) is 168 Å². The molecule has 0 N–H and O–H groups in total. The van der Waals surface area contributed by atoms with Gasteiger partial charge in [0.15, 0.2) is 0 Å². The van der Waals surface area contributed by atoms with Crippen molar-refractivity contribution in [3.63, 3.8) is 0 Å². The summed E-state index contributed by atoms with van der Waals surface area (Å²) in [4.78, 5) is 173. The Bertz CT molecular complexity index is 5130. The summed E-state index contributed by atoms with van der Waals surface area (Å²) in [5.41, 5.74) is -8.08. The van der Waals surface area contributed by atoms with E-state index in [-0.39, 0.29) is 152 Å². The van der Waals surface area contributed by atoms with E-state index in [4.69, 9.17) is 28.4 Å². The number of hydrogen-bond acceptors (Lipinski definition) is 18. The summed E-state index contributed by atoms with van der Waals surface area (Å²) in [5.74, 6) is 0.745. The van der Waals surface area contributed by atoms with Gasteiger partial charge in [-0.05, 0) is 92.1 Å². The molecule has 24 bridgehead atoms. The topological polar surface area (TPSA) is 290 Å². The lowest BCUT2D eigenvalue weighted by atomic mass is 10.1. The minimum Gasteiger partial charge on any atom is -0.496 e. The molecule has 468 valence electrons. The van der Waals surface area contributed by atoms with Crippen LogP contribution in [0.1, 0.15) is 52.6 Å². The van der Waals surface area contributed by atoms with Gasteiger partial charge in [-0.25, -0.2) is 0 Å². The summed E-state index contributed by atoms with van der Waals surface area (Å²) in [6.07, 6.45) is 5.88. The molecule has 0 atom stereocenters. The number of ether oxygens (including phenoxy) is 6. The molecule has 0 unspecified atom stereocenters. The first-order valence-corrected chi connectivity index (χ1v) is 29.3. The van der Waals surface area contributed by atoms with Crippen LogP contribution in [0, 0.1) is 0 Å². The molecule has 0 aliphatic carbocycles. The highest BCUT2D eigenvalue weighted by molar-refractivity contribution is 6.00. The summed E-state index contributed by atoms with van der Waals surface area (Å²) in [6.45, 7) is 9.03. The fourth-order valence-corrected chi connectivity index (χ4v) is 12.5. The number of methoxy groups -OCH3 is 3. The van der Waals surface area contributed by atoms with Crippen LogP contribution in [-0.2, 0) is 39.3 Å². The van der Waals surface area contributed by atoms with Gasteiger partial charge in [0.2, 0.25) is 0 Å². The lowest BCUT2D eigenvalue weighted by Crippen LogP contribution is -2.27. The summed E-state index contributed by atoms with van der Waals surface area (Å²) >= 11 is 0. The molecule has 24 heteroatoms. The van der Waals surface area contributed by atoms with Gasteiger partial charge in [-0.2, -0.15) is 0 Å². The van der Waals surface area contributed by atoms with Crippen molar-refractivity contribution in [3.05, 3.63) is 268 Å². The number of hydrogen-bond donors (Lipinski definition) is 0. The highest BCUT2D eigenvalue weighted by atomic mass is 16.5. The van der Waals surface area contributed by atoms with E-state index < -0.39 is 106 Å². The largest absolute Gasteiger partial charge is 0.496 e. The normalized spacial score (nSPS) is 12.7. The standard InChI is InChI=1S/C69H54N6O18/c1-7-10-13-91-55-19-34-28-70-58(76)40-24-48-49(25-41(40)59(70)77)67(85)74(66(48)84)32-38-17-54(90-6)36(21-57(38)93-15-12-9-3)30-72-62(80)44-26-50-51(27-45(44)63(72)81)69(87)75(68(50)86)33-39-18-53(89-5)35(20-56(39)92-14-11-8-2)29-71-60(78)42-22-46-47(23-43(42)61(71)79)65(83)73(64(46)82)31-37(55)16-52(34)88-4/h7-9,16-27H,1-3,10-15,28-33H2,4-6H3. The molecule has 0 radical (unpaired) electrons. The van der Waals surface area contributed by atoms with Crippen molar-refractivity contribution in [1.82, 2.24) is 27.4 Å². The predicted molar refractivity (Wildman–Crippen MR) is 349 cm³/mol. The van der Waals surface area contributed by atoms with E-state index in [2.05, 4.69) is 19.7 Å². The van der Waals surface area contributed by atoms with Crippen molar-refractivity contribution in [2.24, 2.45) is 0 Å². The Morgan fingerprint density at radius 3 is 0.570 bits per heavy atom. The Labute approximate surface area is 521 Å². The lowest BCUT2D eigenvalue weighted by molar-refractivity contribution is 0.318. The molecule has 24 nitrogen and oxygen atoms in total. The second-order valence-corrected chi connectivity index (χ2v) is 22.6. The first-order chi connectivity index (χ1) is 44.8. The number of benzene rings is 6. The monoisotopic (exact) mass is 1250 g/mol. The molecule has 6 aromatic carbocycles. The highest BCUT2D eigenvalue weighted by Crippen LogP contribution is 2.35. The van der Waals surface area contributed by atoms with Crippen molar-refractivity contribution < 1.29 is 28.4 Å². The third kappa shape index (κ3) is 9.66. The molecule has 93 heavy (non-hydrogen) atoms. The van der Waals surface area contributed by atoms with Crippen LogP contribution < -0.4 is 95.1 Å². The average Bonchev–Trinajstić information content (AvgIpc) is 1.61. The molecular formula is C69H54N6O18. The second kappa shape index (κ2) is 23.2. The molecule has 16 aliphatic rings. The summed E-state index contributed by atoms with van der Waals surface area (Å²) < 4.78 is 41.4. The Balaban J connectivity index is 0.998. The van der Waals surface area contributed by atoms with Gasteiger partial charge in [-0.15, -0.1) is 19.7 Å². The van der Waals surface area contributed by atoms with Gasteiger partial charge in [-0.3, -0.25) is 84.9 Å². The second-order valence-electron chi connectivity index (χ2n) is 22.6. The molecule has 6 aromatic heterocycles. The minimum atomic E-state index is -0.801. The summed E-state index contributed by atoms with van der Waals surface area (Å²) in [5, 5.41) is -1.91. The van der Waals surface area contributed by atoms with Crippen molar-refractivity contribution >= 4 is 64.6 Å². The van der Waals surface area contributed by atoms with E-state index in [9.17, 15) is 57.5 Å². The molecule has 0 spiro atoms. The lowest BCUT2D eigenvalue weighted by Gasteiger charge is -2.16. The molecule has 28 rings (SSSR count). The molecule has 22 heterocycles. The van der Waals surface area contributed by atoms with E-state index >= 15 is 0 Å². The third-order valence-electron chi connectivity index (χ3n) is 17.3. The first-order valence-electron chi connectivity index (χ1n) is 29.3. The van der Waals surface area contributed by atoms with E-state index in [0.717, 1.165) is 27.4 Å². The number of aromatic nitrogens is 6. The zero-order valence-corrected chi connectivity index (χ0v) is 50.3. The maximum absolute atomic E-state index is 14.4. The maximum atomic E-state index is 14.4. The van der Waals surface area contributed by atoms with Crippen LogP contribution in [-0.4, -0.2) is 68.6 Å². The van der Waals surface area contributed by atoms with Crippen molar-refractivity contribution in [2.45, 2.75) is 58.5 Å². The molecule has 0 fully saturated rings. The SMILES string of the molecule is C=CCCOc1cc2c(OC)cc1Cn1c(=O)c3cc4c(=O)n(c(=O)c4cc3c1=O)Cc1cc(OCCC=C)c(cc1OC)Cn1c(=O)c3cc4c(=O)n(c(=O)c4cc3c1=O)Cc1cc(OCCC=C)c(cc1OC)Cn1c(=O)c3cc4c(=O)n(c(=O)c4cc3c1=O)C2. The number of rotatable bonds is 15. The van der Waals surface area contributed by atoms with Gasteiger partial charge in [0, 0.05) is 33.4 Å². The summed E-state index contributed by atoms with van der Waals surface area (Å²) in [6, 6.07) is 16.1. The van der Waals surface area contributed by atoms with Gasteiger partial charge < -0.3 is 28.4 Å². The Kier molecular flexibility index (Phi) is 15.0. The average molecular weight is 1260 g/mol.